The lowest BCUT2D eigenvalue weighted by Gasteiger charge is -2.28. The lowest BCUT2D eigenvalue weighted by Crippen LogP contribution is -2.50. The average Bonchev–Trinajstić information content (AvgIpc) is 2.30. The predicted octanol–water partition coefficient (Wildman–Crippen LogP) is 2.40. The molecule has 1 aliphatic rings. The van der Waals surface area contributed by atoms with Gasteiger partial charge in [0.1, 0.15) is 12.4 Å². The Bertz CT molecular complexity index is 384. The molecule has 0 spiro atoms. The zero-order chi connectivity index (χ0) is 12.3. The summed E-state index contributed by atoms with van der Waals surface area (Å²) in [5.74, 6) is 0.742. The van der Waals surface area contributed by atoms with Crippen LogP contribution < -0.4 is 10.1 Å². The standard InChI is InChI=1S/C13H18ClNO2/c1-9-3-4-12(14)13(5-9)17-8-11-7-16-6-10(2)15-11/h3-5,10-11,15H,6-8H2,1-2H3. The minimum absolute atomic E-state index is 0.232. The molecule has 0 radical (unpaired) electrons. The Kier molecular flexibility index (Phi) is 4.26. The topological polar surface area (TPSA) is 30.5 Å². The third kappa shape index (κ3) is 3.60. The molecule has 2 atom stereocenters. The molecule has 4 heteroatoms. The van der Waals surface area contributed by atoms with Gasteiger partial charge in [0.2, 0.25) is 0 Å². The number of benzene rings is 1. The summed E-state index contributed by atoms with van der Waals surface area (Å²) in [7, 11) is 0. The first-order valence-corrected chi connectivity index (χ1v) is 6.25. The van der Waals surface area contributed by atoms with E-state index < -0.39 is 0 Å². The Morgan fingerprint density at radius 2 is 2.29 bits per heavy atom. The van der Waals surface area contributed by atoms with Crippen LogP contribution in [-0.2, 0) is 4.74 Å². The summed E-state index contributed by atoms with van der Waals surface area (Å²) in [5, 5.41) is 4.08. The van der Waals surface area contributed by atoms with E-state index in [4.69, 9.17) is 21.1 Å². The average molecular weight is 256 g/mol. The smallest absolute Gasteiger partial charge is 0.138 e. The molecule has 0 aromatic heterocycles. The van der Waals surface area contributed by atoms with Gasteiger partial charge in [-0.25, -0.2) is 0 Å². The molecule has 1 aromatic rings. The number of rotatable bonds is 3. The predicted molar refractivity (Wildman–Crippen MR) is 68.9 cm³/mol. The van der Waals surface area contributed by atoms with Crippen LogP contribution in [0.5, 0.6) is 5.75 Å². The molecule has 94 valence electrons. The molecule has 2 unspecified atom stereocenters. The van der Waals surface area contributed by atoms with Gasteiger partial charge in [-0.3, -0.25) is 0 Å². The molecular weight excluding hydrogens is 238 g/mol. The summed E-state index contributed by atoms with van der Waals surface area (Å²) >= 11 is 6.07. The highest BCUT2D eigenvalue weighted by Gasteiger charge is 2.19. The second-order valence-electron chi connectivity index (χ2n) is 4.55. The number of hydrogen-bond acceptors (Lipinski definition) is 3. The van der Waals surface area contributed by atoms with E-state index in [0.717, 1.165) is 17.9 Å². The summed E-state index contributed by atoms with van der Waals surface area (Å²) in [4.78, 5) is 0. The molecule has 17 heavy (non-hydrogen) atoms. The third-order valence-corrected chi connectivity index (χ3v) is 3.05. The molecule has 1 N–H and O–H groups in total. The largest absolute Gasteiger partial charge is 0.490 e. The minimum Gasteiger partial charge on any atom is -0.490 e. The van der Waals surface area contributed by atoms with E-state index in [2.05, 4.69) is 12.2 Å². The van der Waals surface area contributed by atoms with Gasteiger partial charge >= 0.3 is 0 Å². The molecule has 1 aliphatic heterocycles. The molecule has 0 aliphatic carbocycles. The van der Waals surface area contributed by atoms with Gasteiger partial charge in [0.05, 0.1) is 24.3 Å². The zero-order valence-corrected chi connectivity index (χ0v) is 11.0. The van der Waals surface area contributed by atoms with E-state index in [1.165, 1.54) is 0 Å². The van der Waals surface area contributed by atoms with Crippen molar-refractivity contribution in [1.82, 2.24) is 5.32 Å². The van der Waals surface area contributed by atoms with Crippen LogP contribution in [0.1, 0.15) is 12.5 Å². The number of hydrogen-bond donors (Lipinski definition) is 1. The van der Waals surface area contributed by atoms with Crippen LogP contribution in [0.4, 0.5) is 0 Å². The first-order valence-electron chi connectivity index (χ1n) is 5.88. The Morgan fingerprint density at radius 1 is 1.47 bits per heavy atom. The maximum Gasteiger partial charge on any atom is 0.138 e. The SMILES string of the molecule is Cc1ccc(Cl)c(OCC2COCC(C)N2)c1. The Morgan fingerprint density at radius 3 is 3.06 bits per heavy atom. The van der Waals surface area contributed by atoms with Crippen LogP contribution in [0.25, 0.3) is 0 Å². The molecule has 1 aromatic carbocycles. The fourth-order valence-electron chi connectivity index (χ4n) is 1.89. The normalized spacial score (nSPS) is 24.6. The second kappa shape index (κ2) is 5.71. The molecule has 1 saturated heterocycles. The quantitative estimate of drug-likeness (QED) is 0.900. The molecule has 3 nitrogen and oxygen atoms in total. The van der Waals surface area contributed by atoms with Crippen molar-refractivity contribution in [1.29, 1.82) is 0 Å². The molecule has 1 fully saturated rings. The van der Waals surface area contributed by atoms with Crippen molar-refractivity contribution >= 4 is 11.6 Å². The number of morpholine rings is 1. The van der Waals surface area contributed by atoms with Crippen molar-refractivity contribution in [2.75, 3.05) is 19.8 Å². The van der Waals surface area contributed by atoms with Gasteiger partial charge in [0.15, 0.2) is 0 Å². The van der Waals surface area contributed by atoms with Crippen molar-refractivity contribution in [2.24, 2.45) is 0 Å². The Hall–Kier alpha value is -0.770. The number of nitrogens with one attached hydrogen (secondary N) is 1. The molecule has 0 saturated carbocycles. The maximum atomic E-state index is 6.07. The van der Waals surface area contributed by atoms with Crippen molar-refractivity contribution in [3.05, 3.63) is 28.8 Å². The molecule has 0 bridgehead atoms. The monoisotopic (exact) mass is 255 g/mol. The molecule has 1 heterocycles. The third-order valence-electron chi connectivity index (χ3n) is 2.73. The van der Waals surface area contributed by atoms with Gasteiger partial charge in [-0.1, -0.05) is 17.7 Å². The molecular formula is C13H18ClNO2. The number of halogens is 1. The van der Waals surface area contributed by atoms with Crippen molar-refractivity contribution < 1.29 is 9.47 Å². The van der Waals surface area contributed by atoms with E-state index >= 15 is 0 Å². The van der Waals surface area contributed by atoms with Crippen molar-refractivity contribution in [3.63, 3.8) is 0 Å². The fraction of sp³-hybridized carbons (Fsp3) is 0.538. The van der Waals surface area contributed by atoms with Gasteiger partial charge in [-0.2, -0.15) is 0 Å². The Labute approximate surface area is 107 Å². The summed E-state index contributed by atoms with van der Waals surface area (Å²) in [6.07, 6.45) is 0. The summed E-state index contributed by atoms with van der Waals surface area (Å²) in [6, 6.07) is 6.40. The zero-order valence-electron chi connectivity index (χ0n) is 10.2. The lowest BCUT2D eigenvalue weighted by atomic mass is 10.2. The van der Waals surface area contributed by atoms with Crippen LogP contribution in [0.2, 0.25) is 5.02 Å². The van der Waals surface area contributed by atoms with Gasteiger partial charge < -0.3 is 14.8 Å². The van der Waals surface area contributed by atoms with Crippen LogP contribution >= 0.6 is 11.6 Å². The van der Waals surface area contributed by atoms with Crippen LogP contribution in [0.3, 0.4) is 0 Å². The van der Waals surface area contributed by atoms with E-state index in [1.54, 1.807) is 0 Å². The van der Waals surface area contributed by atoms with Crippen LogP contribution in [-0.4, -0.2) is 31.9 Å². The fourth-order valence-corrected chi connectivity index (χ4v) is 2.07. The lowest BCUT2D eigenvalue weighted by molar-refractivity contribution is 0.0353. The first kappa shape index (κ1) is 12.7. The highest BCUT2D eigenvalue weighted by atomic mass is 35.5. The van der Waals surface area contributed by atoms with E-state index in [-0.39, 0.29) is 6.04 Å². The van der Waals surface area contributed by atoms with Gasteiger partial charge in [-0.05, 0) is 31.5 Å². The number of ether oxygens (including phenoxy) is 2. The maximum absolute atomic E-state index is 6.07. The summed E-state index contributed by atoms with van der Waals surface area (Å²) in [6.45, 7) is 6.15. The van der Waals surface area contributed by atoms with Crippen LogP contribution in [0.15, 0.2) is 18.2 Å². The molecule has 2 rings (SSSR count). The van der Waals surface area contributed by atoms with E-state index in [0.29, 0.717) is 24.3 Å². The van der Waals surface area contributed by atoms with Crippen LogP contribution in [0, 0.1) is 6.92 Å². The highest BCUT2D eigenvalue weighted by Crippen LogP contribution is 2.25. The van der Waals surface area contributed by atoms with Gasteiger partial charge in [0, 0.05) is 6.04 Å². The van der Waals surface area contributed by atoms with Gasteiger partial charge in [-0.15, -0.1) is 0 Å². The molecule has 0 amide bonds. The summed E-state index contributed by atoms with van der Waals surface area (Å²) in [5.41, 5.74) is 1.14. The summed E-state index contributed by atoms with van der Waals surface area (Å²) < 4.78 is 11.2. The Balaban J connectivity index is 1.90. The van der Waals surface area contributed by atoms with Crippen molar-refractivity contribution in [3.8, 4) is 5.75 Å². The van der Waals surface area contributed by atoms with E-state index in [1.807, 2.05) is 25.1 Å². The second-order valence-corrected chi connectivity index (χ2v) is 4.95. The van der Waals surface area contributed by atoms with Gasteiger partial charge in [0.25, 0.3) is 0 Å². The minimum atomic E-state index is 0.232. The first-order chi connectivity index (χ1) is 8.15. The van der Waals surface area contributed by atoms with Crippen molar-refractivity contribution in [2.45, 2.75) is 25.9 Å². The highest BCUT2D eigenvalue weighted by molar-refractivity contribution is 6.32. The van der Waals surface area contributed by atoms with E-state index in [9.17, 15) is 0 Å². The number of aryl methyl sites for hydroxylation is 1.